The Hall–Kier alpha value is -2.22. The van der Waals surface area contributed by atoms with Crippen molar-refractivity contribution >= 4 is 33.5 Å². The topological polar surface area (TPSA) is 98.5 Å². The number of aromatic carboxylic acids is 1. The van der Waals surface area contributed by atoms with Gasteiger partial charge < -0.3 is 9.84 Å². The molecule has 0 saturated heterocycles. The third-order valence-corrected chi connectivity index (χ3v) is 4.83. The number of esters is 1. The number of fused-ring (bicyclic) bond motifs is 1. The monoisotopic (exact) mass is 338 g/mol. The molecule has 8 heteroatoms. The van der Waals surface area contributed by atoms with Crippen molar-refractivity contribution in [3.8, 4) is 0 Å². The van der Waals surface area contributed by atoms with E-state index in [0.29, 0.717) is 16.2 Å². The van der Waals surface area contributed by atoms with Gasteiger partial charge in [-0.2, -0.15) is 0 Å². The summed E-state index contributed by atoms with van der Waals surface area (Å²) in [5.41, 5.74) is -1.31. The number of hydrogen-bond acceptors (Lipinski definition) is 6. The smallest absolute Gasteiger partial charge is 0.346 e. The van der Waals surface area contributed by atoms with Crippen LogP contribution in [0.15, 0.2) is 4.79 Å². The van der Waals surface area contributed by atoms with E-state index in [4.69, 9.17) is 4.74 Å². The van der Waals surface area contributed by atoms with Gasteiger partial charge in [0.2, 0.25) is 0 Å². The second-order valence-corrected chi connectivity index (χ2v) is 6.62. The molecule has 1 N–H and O–H groups in total. The summed E-state index contributed by atoms with van der Waals surface area (Å²) in [5, 5.41) is 9.45. The van der Waals surface area contributed by atoms with Crippen LogP contribution in [0.25, 0.3) is 10.2 Å². The Labute approximate surface area is 136 Å². The van der Waals surface area contributed by atoms with Crippen LogP contribution in [0, 0.1) is 13.8 Å². The second kappa shape index (κ2) is 5.77. The zero-order chi connectivity index (χ0) is 17.5. The molecule has 0 bridgehead atoms. The van der Waals surface area contributed by atoms with Crippen LogP contribution in [0.3, 0.4) is 0 Å². The van der Waals surface area contributed by atoms with Crippen LogP contribution in [-0.2, 0) is 15.1 Å². The number of carbonyl (C=O) groups excluding carboxylic acids is 1. The predicted molar refractivity (Wildman–Crippen MR) is 86.3 cm³/mol. The Morgan fingerprint density at radius 3 is 2.48 bits per heavy atom. The molecule has 0 aromatic carbocycles. The average Bonchev–Trinajstić information content (AvgIpc) is 2.75. The van der Waals surface area contributed by atoms with E-state index in [-0.39, 0.29) is 16.9 Å². The molecule has 7 nitrogen and oxygen atoms in total. The molecule has 0 atom stereocenters. The van der Waals surface area contributed by atoms with E-state index in [0.717, 1.165) is 11.3 Å². The zero-order valence-electron chi connectivity index (χ0n) is 13.6. The Bertz CT molecular complexity index is 863. The lowest BCUT2D eigenvalue weighted by molar-refractivity contribution is -0.152. The molecule has 0 aliphatic heterocycles. The van der Waals surface area contributed by atoms with Gasteiger partial charge in [0.15, 0.2) is 0 Å². The largest absolute Gasteiger partial charge is 0.477 e. The summed E-state index contributed by atoms with van der Waals surface area (Å²) in [7, 11) is 0. The first-order valence-corrected chi connectivity index (χ1v) is 7.88. The fourth-order valence-electron chi connectivity index (χ4n) is 2.55. The van der Waals surface area contributed by atoms with Crippen molar-refractivity contribution in [2.24, 2.45) is 0 Å². The van der Waals surface area contributed by atoms with Gasteiger partial charge in [0, 0.05) is 0 Å². The number of aryl methyl sites for hydroxylation is 2. The first kappa shape index (κ1) is 17.1. The van der Waals surface area contributed by atoms with Crippen molar-refractivity contribution in [1.82, 2.24) is 9.55 Å². The number of thiophene rings is 1. The van der Waals surface area contributed by atoms with Crippen molar-refractivity contribution < 1.29 is 19.4 Å². The molecule has 2 rings (SSSR count). The SMILES string of the molecule is CCOC(=O)C(C)(C)n1c(C)nc2sc(C(=O)O)c(C)c2c1=O. The highest BCUT2D eigenvalue weighted by molar-refractivity contribution is 7.20. The lowest BCUT2D eigenvalue weighted by Crippen LogP contribution is -2.45. The summed E-state index contributed by atoms with van der Waals surface area (Å²) >= 11 is 0.958. The van der Waals surface area contributed by atoms with E-state index in [1.807, 2.05) is 0 Å². The van der Waals surface area contributed by atoms with Gasteiger partial charge in [-0.25, -0.2) is 14.6 Å². The molecule has 0 aliphatic rings. The van der Waals surface area contributed by atoms with Gasteiger partial charge in [0.1, 0.15) is 21.1 Å². The molecule has 0 aliphatic carbocycles. The van der Waals surface area contributed by atoms with Crippen LogP contribution < -0.4 is 5.56 Å². The van der Waals surface area contributed by atoms with E-state index in [2.05, 4.69) is 4.98 Å². The molecule has 0 saturated carbocycles. The molecule has 23 heavy (non-hydrogen) atoms. The van der Waals surface area contributed by atoms with Crippen LogP contribution in [0.4, 0.5) is 0 Å². The molecular formula is C15H18N2O5S. The summed E-state index contributed by atoms with van der Waals surface area (Å²) in [6.07, 6.45) is 0. The minimum Gasteiger partial charge on any atom is -0.477 e. The van der Waals surface area contributed by atoms with Gasteiger partial charge in [-0.15, -0.1) is 11.3 Å². The Morgan fingerprint density at radius 1 is 1.35 bits per heavy atom. The highest BCUT2D eigenvalue weighted by atomic mass is 32.1. The molecular weight excluding hydrogens is 320 g/mol. The van der Waals surface area contributed by atoms with Crippen molar-refractivity contribution in [3.05, 3.63) is 26.6 Å². The van der Waals surface area contributed by atoms with Gasteiger partial charge in [0.05, 0.1) is 12.0 Å². The molecule has 0 spiro atoms. The third kappa shape index (κ3) is 2.63. The predicted octanol–water partition coefficient (Wildman–Crippen LogP) is 2.07. The third-order valence-electron chi connectivity index (χ3n) is 3.66. The molecule has 0 fully saturated rings. The highest BCUT2D eigenvalue weighted by Gasteiger charge is 2.35. The van der Waals surface area contributed by atoms with Crippen LogP contribution >= 0.6 is 11.3 Å². The number of carbonyl (C=O) groups is 2. The number of rotatable bonds is 4. The van der Waals surface area contributed by atoms with Crippen LogP contribution in [0.1, 0.15) is 41.8 Å². The fourth-order valence-corrected chi connectivity index (χ4v) is 3.60. The summed E-state index contributed by atoms with van der Waals surface area (Å²) in [6.45, 7) is 8.22. The first-order chi connectivity index (χ1) is 10.6. The van der Waals surface area contributed by atoms with E-state index < -0.39 is 23.0 Å². The average molecular weight is 338 g/mol. The van der Waals surface area contributed by atoms with Crippen LogP contribution in [0.2, 0.25) is 0 Å². The van der Waals surface area contributed by atoms with Gasteiger partial charge in [-0.3, -0.25) is 9.36 Å². The minimum atomic E-state index is -1.24. The second-order valence-electron chi connectivity index (χ2n) is 5.62. The van der Waals surface area contributed by atoms with Gasteiger partial charge in [-0.1, -0.05) is 0 Å². The number of nitrogens with zero attached hydrogens (tertiary/aromatic N) is 2. The first-order valence-electron chi connectivity index (χ1n) is 7.06. The maximum absolute atomic E-state index is 12.9. The summed E-state index contributed by atoms with van der Waals surface area (Å²) in [6, 6.07) is 0. The van der Waals surface area contributed by atoms with E-state index in [1.165, 1.54) is 4.57 Å². The molecule has 2 heterocycles. The molecule has 2 aromatic heterocycles. The van der Waals surface area contributed by atoms with Crippen LogP contribution in [0.5, 0.6) is 0 Å². The van der Waals surface area contributed by atoms with Crippen molar-refractivity contribution in [1.29, 1.82) is 0 Å². The highest BCUT2D eigenvalue weighted by Crippen LogP contribution is 2.28. The van der Waals surface area contributed by atoms with Gasteiger partial charge in [-0.05, 0) is 40.2 Å². The van der Waals surface area contributed by atoms with Crippen molar-refractivity contribution in [2.75, 3.05) is 6.61 Å². The quantitative estimate of drug-likeness (QED) is 0.857. The Balaban J connectivity index is 2.81. The maximum Gasteiger partial charge on any atom is 0.346 e. The number of aromatic nitrogens is 2. The summed E-state index contributed by atoms with van der Waals surface area (Å²) < 4.78 is 6.30. The van der Waals surface area contributed by atoms with E-state index in [9.17, 15) is 19.5 Å². The maximum atomic E-state index is 12.9. The Kier molecular flexibility index (Phi) is 4.30. The van der Waals surface area contributed by atoms with E-state index in [1.54, 1.807) is 34.6 Å². The lowest BCUT2D eigenvalue weighted by atomic mass is 10.0. The normalized spacial score (nSPS) is 11.7. The summed E-state index contributed by atoms with van der Waals surface area (Å²) in [5.74, 6) is -1.31. The fraction of sp³-hybridized carbons (Fsp3) is 0.467. The molecule has 0 radical (unpaired) electrons. The molecule has 2 aromatic rings. The molecule has 124 valence electrons. The van der Waals surface area contributed by atoms with Crippen LogP contribution in [-0.4, -0.2) is 33.2 Å². The van der Waals surface area contributed by atoms with E-state index >= 15 is 0 Å². The van der Waals surface area contributed by atoms with Gasteiger partial charge >= 0.3 is 11.9 Å². The summed E-state index contributed by atoms with van der Waals surface area (Å²) in [4.78, 5) is 41.1. The molecule has 0 unspecified atom stereocenters. The zero-order valence-corrected chi connectivity index (χ0v) is 14.4. The van der Waals surface area contributed by atoms with Crippen molar-refractivity contribution in [2.45, 2.75) is 40.2 Å². The molecule has 0 amide bonds. The standard InChI is InChI=1S/C15H18N2O5S/c1-6-22-14(21)15(4,5)17-8(3)16-11-9(12(17)18)7(2)10(23-11)13(19)20/h6H2,1-5H3,(H,19,20). The number of carboxylic acid groups (broad SMARTS) is 1. The number of carboxylic acids is 1. The number of ether oxygens (including phenoxy) is 1. The number of hydrogen-bond donors (Lipinski definition) is 1. The Morgan fingerprint density at radius 2 is 1.96 bits per heavy atom. The lowest BCUT2D eigenvalue weighted by Gasteiger charge is -2.26. The minimum absolute atomic E-state index is 0.0793. The van der Waals surface area contributed by atoms with Gasteiger partial charge in [0.25, 0.3) is 5.56 Å². The van der Waals surface area contributed by atoms with Crippen molar-refractivity contribution in [3.63, 3.8) is 0 Å².